The first-order chi connectivity index (χ1) is 7.76. The molecule has 0 aliphatic carbocycles. The third-order valence-corrected chi connectivity index (χ3v) is 2.33. The van der Waals surface area contributed by atoms with Gasteiger partial charge < -0.3 is 15.6 Å². The van der Waals surface area contributed by atoms with Crippen LogP contribution in [0.25, 0.3) is 10.9 Å². The predicted molar refractivity (Wildman–Crippen MR) is 62.4 cm³/mol. The van der Waals surface area contributed by atoms with Crippen molar-refractivity contribution >= 4 is 16.6 Å². The van der Waals surface area contributed by atoms with Gasteiger partial charge in [0.25, 0.3) is 0 Å². The number of aliphatic hydroxyl groups excluding tert-OH is 1. The van der Waals surface area contributed by atoms with Gasteiger partial charge in [0.05, 0.1) is 30.7 Å². The van der Waals surface area contributed by atoms with Crippen LogP contribution in [0.1, 0.15) is 6.92 Å². The van der Waals surface area contributed by atoms with Crippen molar-refractivity contribution in [2.75, 3.05) is 18.9 Å². The molecular weight excluding hydrogens is 206 g/mol. The standard InChI is InChI=1S/C11H15N3O2/c1-2-16-11-9-7-8(12)3-4-10(9)14(13-11)5-6-15/h3-4,7,15H,2,5-6,12H2,1H3. The first-order valence-electron chi connectivity index (χ1n) is 5.26. The highest BCUT2D eigenvalue weighted by Crippen LogP contribution is 2.26. The number of fused-ring (bicyclic) bond motifs is 1. The maximum atomic E-state index is 8.95. The van der Waals surface area contributed by atoms with Gasteiger partial charge in [-0.05, 0) is 25.1 Å². The largest absolute Gasteiger partial charge is 0.476 e. The van der Waals surface area contributed by atoms with E-state index in [0.29, 0.717) is 24.7 Å². The minimum Gasteiger partial charge on any atom is -0.476 e. The minimum absolute atomic E-state index is 0.0483. The number of aromatic nitrogens is 2. The van der Waals surface area contributed by atoms with Crippen molar-refractivity contribution in [2.24, 2.45) is 0 Å². The number of aliphatic hydroxyl groups is 1. The molecule has 2 rings (SSSR count). The smallest absolute Gasteiger partial charge is 0.240 e. The molecule has 0 saturated carbocycles. The predicted octanol–water partition coefficient (Wildman–Crippen LogP) is 1.01. The molecular formula is C11H15N3O2. The third-order valence-electron chi connectivity index (χ3n) is 2.33. The van der Waals surface area contributed by atoms with Crippen molar-refractivity contribution < 1.29 is 9.84 Å². The number of ether oxygens (including phenoxy) is 1. The molecule has 0 spiro atoms. The van der Waals surface area contributed by atoms with Crippen LogP contribution < -0.4 is 10.5 Å². The van der Waals surface area contributed by atoms with Crippen molar-refractivity contribution in [2.45, 2.75) is 13.5 Å². The van der Waals surface area contributed by atoms with Crippen molar-refractivity contribution in [1.29, 1.82) is 0 Å². The van der Waals surface area contributed by atoms with Crippen LogP contribution in [-0.2, 0) is 6.54 Å². The molecule has 0 aliphatic rings. The molecule has 2 aromatic rings. The Kier molecular flexibility index (Phi) is 2.96. The third kappa shape index (κ3) is 1.81. The zero-order valence-corrected chi connectivity index (χ0v) is 9.18. The maximum Gasteiger partial charge on any atom is 0.240 e. The van der Waals surface area contributed by atoms with E-state index in [0.717, 1.165) is 10.9 Å². The van der Waals surface area contributed by atoms with E-state index in [1.54, 1.807) is 4.68 Å². The molecule has 5 heteroatoms. The molecule has 1 aromatic heterocycles. The lowest BCUT2D eigenvalue weighted by Crippen LogP contribution is -2.04. The van der Waals surface area contributed by atoms with Gasteiger partial charge in [0.1, 0.15) is 0 Å². The van der Waals surface area contributed by atoms with E-state index in [1.165, 1.54) is 0 Å². The first-order valence-corrected chi connectivity index (χ1v) is 5.26. The van der Waals surface area contributed by atoms with Gasteiger partial charge in [-0.25, -0.2) is 0 Å². The van der Waals surface area contributed by atoms with Crippen LogP contribution >= 0.6 is 0 Å². The van der Waals surface area contributed by atoms with Gasteiger partial charge >= 0.3 is 0 Å². The van der Waals surface area contributed by atoms with Crippen LogP contribution in [0.2, 0.25) is 0 Å². The molecule has 0 radical (unpaired) electrons. The second-order valence-electron chi connectivity index (χ2n) is 3.46. The number of benzene rings is 1. The second-order valence-corrected chi connectivity index (χ2v) is 3.46. The molecule has 1 aromatic carbocycles. The van der Waals surface area contributed by atoms with Crippen molar-refractivity contribution in [3.05, 3.63) is 18.2 Å². The maximum absolute atomic E-state index is 8.95. The summed E-state index contributed by atoms with van der Waals surface area (Å²) < 4.78 is 7.15. The van der Waals surface area contributed by atoms with E-state index in [9.17, 15) is 0 Å². The Morgan fingerprint density at radius 1 is 1.50 bits per heavy atom. The van der Waals surface area contributed by atoms with Crippen LogP contribution in [0.3, 0.4) is 0 Å². The number of nitrogens with two attached hydrogens (primary N) is 1. The normalized spacial score (nSPS) is 10.9. The second kappa shape index (κ2) is 4.40. The van der Waals surface area contributed by atoms with Crippen LogP contribution in [0.15, 0.2) is 18.2 Å². The summed E-state index contributed by atoms with van der Waals surface area (Å²) in [7, 11) is 0. The summed E-state index contributed by atoms with van der Waals surface area (Å²) in [4.78, 5) is 0. The average Bonchev–Trinajstić information content (AvgIpc) is 2.58. The topological polar surface area (TPSA) is 73.3 Å². The van der Waals surface area contributed by atoms with Crippen LogP contribution in [-0.4, -0.2) is 28.1 Å². The number of hydrogen-bond acceptors (Lipinski definition) is 4. The first kappa shape index (κ1) is 10.8. The average molecular weight is 221 g/mol. The minimum atomic E-state index is 0.0483. The summed E-state index contributed by atoms with van der Waals surface area (Å²) in [6.07, 6.45) is 0. The molecule has 16 heavy (non-hydrogen) atoms. The molecule has 5 nitrogen and oxygen atoms in total. The number of anilines is 1. The molecule has 0 unspecified atom stereocenters. The van der Waals surface area contributed by atoms with E-state index < -0.39 is 0 Å². The zero-order valence-electron chi connectivity index (χ0n) is 9.18. The van der Waals surface area contributed by atoms with E-state index >= 15 is 0 Å². The Bertz CT molecular complexity index is 493. The Morgan fingerprint density at radius 3 is 3.00 bits per heavy atom. The molecule has 0 atom stereocenters. The van der Waals surface area contributed by atoms with Gasteiger partial charge in [0, 0.05) is 5.69 Å². The molecule has 3 N–H and O–H groups in total. The van der Waals surface area contributed by atoms with Gasteiger partial charge in [-0.1, -0.05) is 0 Å². The Balaban J connectivity index is 2.56. The summed E-state index contributed by atoms with van der Waals surface area (Å²) in [5, 5.41) is 14.1. The molecule has 0 aliphatic heterocycles. The fourth-order valence-corrected chi connectivity index (χ4v) is 1.68. The summed E-state index contributed by atoms with van der Waals surface area (Å²) in [5.41, 5.74) is 7.33. The SMILES string of the molecule is CCOc1nn(CCO)c2ccc(N)cc12. The van der Waals surface area contributed by atoms with Gasteiger partial charge in [0.2, 0.25) is 5.88 Å². The Morgan fingerprint density at radius 2 is 2.31 bits per heavy atom. The van der Waals surface area contributed by atoms with E-state index in [2.05, 4.69) is 5.10 Å². The lowest BCUT2D eigenvalue weighted by molar-refractivity contribution is 0.267. The van der Waals surface area contributed by atoms with Crippen molar-refractivity contribution in [3.63, 3.8) is 0 Å². The summed E-state index contributed by atoms with van der Waals surface area (Å²) >= 11 is 0. The summed E-state index contributed by atoms with van der Waals surface area (Å²) in [6, 6.07) is 5.53. The van der Waals surface area contributed by atoms with Gasteiger partial charge in [-0.2, -0.15) is 0 Å². The van der Waals surface area contributed by atoms with Crippen molar-refractivity contribution in [3.8, 4) is 5.88 Å². The van der Waals surface area contributed by atoms with Crippen LogP contribution in [0.4, 0.5) is 5.69 Å². The zero-order chi connectivity index (χ0) is 11.5. The molecule has 0 saturated heterocycles. The Hall–Kier alpha value is -1.75. The summed E-state index contributed by atoms with van der Waals surface area (Å²) in [6.45, 7) is 2.96. The number of nitrogens with zero attached hydrogens (tertiary/aromatic N) is 2. The van der Waals surface area contributed by atoms with E-state index in [1.807, 2.05) is 25.1 Å². The lowest BCUT2D eigenvalue weighted by atomic mass is 10.2. The number of nitrogen functional groups attached to an aromatic ring is 1. The van der Waals surface area contributed by atoms with Crippen LogP contribution in [0, 0.1) is 0 Å². The van der Waals surface area contributed by atoms with Crippen molar-refractivity contribution in [1.82, 2.24) is 9.78 Å². The molecule has 0 fully saturated rings. The number of rotatable bonds is 4. The fraction of sp³-hybridized carbons (Fsp3) is 0.364. The Labute approximate surface area is 93.4 Å². The molecule has 0 amide bonds. The van der Waals surface area contributed by atoms with E-state index in [4.69, 9.17) is 15.6 Å². The highest BCUT2D eigenvalue weighted by molar-refractivity contribution is 5.87. The quantitative estimate of drug-likeness (QED) is 0.756. The van der Waals surface area contributed by atoms with Crippen LogP contribution in [0.5, 0.6) is 5.88 Å². The molecule has 1 heterocycles. The molecule has 0 bridgehead atoms. The monoisotopic (exact) mass is 221 g/mol. The van der Waals surface area contributed by atoms with Gasteiger partial charge in [-0.3, -0.25) is 4.68 Å². The summed E-state index contributed by atoms with van der Waals surface area (Å²) in [5.74, 6) is 0.568. The van der Waals surface area contributed by atoms with Gasteiger partial charge in [0.15, 0.2) is 0 Å². The fourth-order valence-electron chi connectivity index (χ4n) is 1.68. The highest BCUT2D eigenvalue weighted by atomic mass is 16.5. The number of hydrogen-bond donors (Lipinski definition) is 2. The lowest BCUT2D eigenvalue weighted by Gasteiger charge is -1.99. The van der Waals surface area contributed by atoms with E-state index in [-0.39, 0.29) is 6.61 Å². The van der Waals surface area contributed by atoms with Gasteiger partial charge in [-0.15, -0.1) is 5.10 Å². The highest BCUT2D eigenvalue weighted by Gasteiger charge is 2.10. The molecule has 86 valence electrons.